The second kappa shape index (κ2) is 5.83. The van der Waals surface area contributed by atoms with Gasteiger partial charge in [0, 0.05) is 13.1 Å². The Labute approximate surface area is 80.7 Å². The lowest BCUT2D eigenvalue weighted by Crippen LogP contribution is -2.38. The summed E-state index contributed by atoms with van der Waals surface area (Å²) in [7, 11) is 0. The molecule has 0 aliphatic rings. The molecular formula is C8H13F3N2O. The Balaban J connectivity index is 4.10. The van der Waals surface area contributed by atoms with Gasteiger partial charge in [-0.15, -0.1) is 0 Å². The van der Waals surface area contributed by atoms with E-state index in [4.69, 9.17) is 10.4 Å². The van der Waals surface area contributed by atoms with Crippen molar-refractivity contribution in [3.8, 4) is 6.07 Å². The monoisotopic (exact) mass is 210 g/mol. The van der Waals surface area contributed by atoms with E-state index >= 15 is 0 Å². The Morgan fingerprint density at radius 3 is 2.43 bits per heavy atom. The van der Waals surface area contributed by atoms with E-state index in [-0.39, 0.29) is 19.7 Å². The number of halogens is 3. The molecule has 1 unspecified atom stereocenters. The zero-order valence-electron chi connectivity index (χ0n) is 7.88. The molecular weight excluding hydrogens is 197 g/mol. The Morgan fingerprint density at radius 1 is 1.50 bits per heavy atom. The standard InChI is InChI=1S/C8H13F3N2O/c1-7(4-12)5-13(2-3-14)6-8(9,10)11/h7,14H,2-3,5-6H2,1H3. The summed E-state index contributed by atoms with van der Waals surface area (Å²) in [4.78, 5) is 1.02. The largest absolute Gasteiger partial charge is 0.401 e. The average molecular weight is 210 g/mol. The highest BCUT2D eigenvalue weighted by atomic mass is 19.4. The van der Waals surface area contributed by atoms with E-state index in [0.29, 0.717) is 0 Å². The minimum absolute atomic E-state index is 0.0244. The van der Waals surface area contributed by atoms with Gasteiger partial charge in [-0.1, -0.05) is 0 Å². The van der Waals surface area contributed by atoms with Crippen molar-refractivity contribution in [3.05, 3.63) is 0 Å². The third-order valence-corrected chi connectivity index (χ3v) is 1.57. The number of aliphatic hydroxyl groups excluding tert-OH is 1. The minimum atomic E-state index is -4.29. The van der Waals surface area contributed by atoms with Crippen molar-refractivity contribution in [2.45, 2.75) is 13.1 Å². The van der Waals surface area contributed by atoms with Crippen molar-refractivity contribution in [1.29, 1.82) is 5.26 Å². The van der Waals surface area contributed by atoms with Crippen molar-refractivity contribution in [2.75, 3.05) is 26.2 Å². The fourth-order valence-electron chi connectivity index (χ4n) is 1.06. The normalized spacial score (nSPS) is 14.1. The van der Waals surface area contributed by atoms with Gasteiger partial charge in [0.1, 0.15) is 0 Å². The third-order valence-electron chi connectivity index (χ3n) is 1.57. The van der Waals surface area contributed by atoms with E-state index in [2.05, 4.69) is 0 Å². The van der Waals surface area contributed by atoms with Crippen LogP contribution in [0.5, 0.6) is 0 Å². The fourth-order valence-corrected chi connectivity index (χ4v) is 1.06. The maximum Gasteiger partial charge on any atom is 0.401 e. The van der Waals surface area contributed by atoms with Crippen molar-refractivity contribution < 1.29 is 18.3 Å². The fraction of sp³-hybridized carbons (Fsp3) is 0.875. The third kappa shape index (κ3) is 6.69. The molecule has 0 radical (unpaired) electrons. The van der Waals surface area contributed by atoms with E-state index in [1.807, 2.05) is 6.07 Å². The number of nitriles is 1. The van der Waals surface area contributed by atoms with Gasteiger partial charge in [-0.2, -0.15) is 18.4 Å². The van der Waals surface area contributed by atoms with E-state index in [1.165, 1.54) is 0 Å². The number of nitrogens with zero attached hydrogens (tertiary/aromatic N) is 2. The van der Waals surface area contributed by atoms with Crippen LogP contribution < -0.4 is 0 Å². The highest BCUT2D eigenvalue weighted by Crippen LogP contribution is 2.16. The van der Waals surface area contributed by atoms with Gasteiger partial charge in [-0.25, -0.2) is 0 Å². The lowest BCUT2D eigenvalue weighted by Gasteiger charge is -2.23. The van der Waals surface area contributed by atoms with Crippen LogP contribution in [0.4, 0.5) is 13.2 Å². The van der Waals surface area contributed by atoms with Gasteiger partial charge in [0.05, 0.1) is 25.1 Å². The number of rotatable bonds is 5. The number of hydrogen-bond acceptors (Lipinski definition) is 3. The van der Waals surface area contributed by atoms with Crippen LogP contribution in [0, 0.1) is 17.2 Å². The van der Waals surface area contributed by atoms with Crippen LogP contribution in [0.1, 0.15) is 6.92 Å². The summed E-state index contributed by atoms with van der Waals surface area (Å²) in [5.41, 5.74) is 0. The van der Waals surface area contributed by atoms with E-state index in [1.54, 1.807) is 6.92 Å². The predicted octanol–water partition coefficient (Wildman–Crippen LogP) is 1.00. The number of hydrogen-bond donors (Lipinski definition) is 1. The van der Waals surface area contributed by atoms with Crippen LogP contribution in [0.3, 0.4) is 0 Å². The quantitative estimate of drug-likeness (QED) is 0.736. The minimum Gasteiger partial charge on any atom is -0.395 e. The molecule has 0 amide bonds. The van der Waals surface area contributed by atoms with Crippen LogP contribution in [0.15, 0.2) is 0 Å². The molecule has 0 rings (SSSR count). The molecule has 0 saturated heterocycles. The molecule has 0 fully saturated rings. The zero-order valence-corrected chi connectivity index (χ0v) is 7.88. The first-order chi connectivity index (χ1) is 6.39. The SMILES string of the molecule is CC(C#N)CN(CCO)CC(F)(F)F. The first-order valence-electron chi connectivity index (χ1n) is 4.18. The van der Waals surface area contributed by atoms with Gasteiger partial charge in [0.25, 0.3) is 0 Å². The summed E-state index contributed by atoms with van der Waals surface area (Å²) in [6.07, 6.45) is -4.29. The van der Waals surface area contributed by atoms with Crippen LogP contribution in [0.25, 0.3) is 0 Å². The maximum atomic E-state index is 12.0. The average Bonchev–Trinajstić information content (AvgIpc) is 2.01. The van der Waals surface area contributed by atoms with Gasteiger partial charge < -0.3 is 5.11 Å². The van der Waals surface area contributed by atoms with Crippen LogP contribution in [-0.2, 0) is 0 Å². The lowest BCUT2D eigenvalue weighted by molar-refractivity contribution is -0.147. The topological polar surface area (TPSA) is 47.3 Å². The summed E-state index contributed by atoms with van der Waals surface area (Å²) in [5.74, 6) is -0.469. The molecule has 1 atom stereocenters. The molecule has 0 aromatic heterocycles. The summed E-state index contributed by atoms with van der Waals surface area (Å²) in [6.45, 7) is 0.0800. The van der Waals surface area contributed by atoms with Crippen LogP contribution in [-0.4, -0.2) is 42.4 Å². The summed E-state index contributed by atoms with van der Waals surface area (Å²) in [5, 5.41) is 17.0. The molecule has 0 aliphatic carbocycles. The van der Waals surface area contributed by atoms with Crippen molar-refractivity contribution >= 4 is 0 Å². The van der Waals surface area contributed by atoms with Gasteiger partial charge in [0.2, 0.25) is 0 Å². The Morgan fingerprint density at radius 2 is 2.07 bits per heavy atom. The molecule has 0 heterocycles. The summed E-state index contributed by atoms with van der Waals surface area (Å²) in [6, 6.07) is 1.85. The maximum absolute atomic E-state index is 12.0. The molecule has 0 bridgehead atoms. The van der Waals surface area contributed by atoms with Gasteiger partial charge >= 0.3 is 6.18 Å². The van der Waals surface area contributed by atoms with Gasteiger partial charge in [0.15, 0.2) is 0 Å². The smallest absolute Gasteiger partial charge is 0.395 e. The molecule has 0 spiro atoms. The molecule has 0 aromatic rings. The van der Waals surface area contributed by atoms with Crippen molar-refractivity contribution in [1.82, 2.24) is 4.90 Å². The summed E-state index contributed by atoms with van der Waals surface area (Å²) < 4.78 is 35.9. The second-order valence-electron chi connectivity index (χ2n) is 3.10. The van der Waals surface area contributed by atoms with E-state index in [0.717, 1.165) is 4.90 Å². The molecule has 82 valence electrons. The summed E-state index contributed by atoms with van der Waals surface area (Å²) >= 11 is 0. The molecule has 1 N–H and O–H groups in total. The van der Waals surface area contributed by atoms with E-state index in [9.17, 15) is 13.2 Å². The molecule has 0 aliphatic heterocycles. The molecule has 6 heteroatoms. The van der Waals surface area contributed by atoms with Gasteiger partial charge in [-0.05, 0) is 6.92 Å². The van der Waals surface area contributed by atoms with Crippen molar-refractivity contribution in [3.63, 3.8) is 0 Å². The number of aliphatic hydroxyl groups is 1. The second-order valence-corrected chi connectivity index (χ2v) is 3.10. The Bertz CT molecular complexity index is 200. The Kier molecular flexibility index (Phi) is 5.50. The lowest BCUT2D eigenvalue weighted by atomic mass is 10.2. The number of alkyl halides is 3. The van der Waals surface area contributed by atoms with Crippen LogP contribution >= 0.6 is 0 Å². The van der Waals surface area contributed by atoms with E-state index < -0.39 is 18.6 Å². The first-order valence-corrected chi connectivity index (χ1v) is 4.18. The Hall–Kier alpha value is -0.800. The first kappa shape index (κ1) is 13.2. The highest BCUT2D eigenvalue weighted by molar-refractivity contribution is 4.82. The van der Waals surface area contributed by atoms with Gasteiger partial charge in [-0.3, -0.25) is 4.90 Å². The molecule has 0 saturated carbocycles. The van der Waals surface area contributed by atoms with Crippen molar-refractivity contribution in [2.24, 2.45) is 5.92 Å². The predicted molar refractivity (Wildman–Crippen MR) is 44.4 cm³/mol. The van der Waals surface area contributed by atoms with Crippen LogP contribution in [0.2, 0.25) is 0 Å². The molecule has 3 nitrogen and oxygen atoms in total. The molecule has 14 heavy (non-hydrogen) atoms. The molecule has 0 aromatic carbocycles. The zero-order chi connectivity index (χ0) is 11.2. The highest BCUT2D eigenvalue weighted by Gasteiger charge is 2.30.